The van der Waals surface area contributed by atoms with Crippen LogP contribution in [0.25, 0.3) is 6.08 Å². The summed E-state index contributed by atoms with van der Waals surface area (Å²) in [4.78, 5) is 11.5. The quantitative estimate of drug-likeness (QED) is 0.838. The fourth-order valence-corrected chi connectivity index (χ4v) is 2.91. The minimum Gasteiger partial charge on any atom is -0.326 e. The molecule has 0 radical (unpaired) electrons. The zero-order valence-electron chi connectivity index (χ0n) is 13.6. The molecule has 0 atom stereocenters. The molecule has 0 spiro atoms. The summed E-state index contributed by atoms with van der Waals surface area (Å²) in [5, 5.41) is 3.84. The van der Waals surface area contributed by atoms with Crippen LogP contribution in [0.15, 0.2) is 53.9 Å². The number of carbonyl (C=O) groups is 1. The van der Waals surface area contributed by atoms with Crippen LogP contribution >= 0.6 is 0 Å². The van der Waals surface area contributed by atoms with E-state index in [0.717, 1.165) is 16.5 Å². The van der Waals surface area contributed by atoms with Crippen molar-refractivity contribution in [2.75, 3.05) is 10.0 Å². The Kier molecular flexibility index (Phi) is 5.76. The molecule has 2 aromatic carbocycles. The molecule has 0 aromatic heterocycles. The molecule has 5 nitrogen and oxygen atoms in total. The van der Waals surface area contributed by atoms with Crippen molar-refractivity contribution in [3.05, 3.63) is 65.1 Å². The predicted molar refractivity (Wildman–Crippen MR) is 98.1 cm³/mol. The second-order valence-corrected chi connectivity index (χ2v) is 6.86. The number of hydrogen-bond acceptors (Lipinski definition) is 3. The lowest BCUT2D eigenvalue weighted by atomic mass is 10.2. The van der Waals surface area contributed by atoms with Crippen molar-refractivity contribution in [3.63, 3.8) is 0 Å². The maximum atomic E-state index is 12.2. The Balaban J connectivity index is 2.18. The molecular weight excluding hydrogens is 324 g/mol. The van der Waals surface area contributed by atoms with Crippen molar-refractivity contribution in [1.82, 2.24) is 0 Å². The summed E-state index contributed by atoms with van der Waals surface area (Å²) in [5.74, 6) is -0.128. The standard InChI is InChI=1S/C18H20N2O3S/c1-3-18(21)19-16-10-9-14(2)17(13-16)20-24(22,23)12-11-15-7-5-4-6-8-15/h4-13,20H,3H2,1-2H3,(H,19,21)/b12-11+. The smallest absolute Gasteiger partial charge is 0.255 e. The molecule has 2 rings (SSSR count). The Morgan fingerprint density at radius 1 is 1.12 bits per heavy atom. The average Bonchev–Trinajstić information content (AvgIpc) is 2.57. The highest BCUT2D eigenvalue weighted by molar-refractivity contribution is 7.95. The third kappa shape index (κ3) is 5.24. The first-order valence-electron chi connectivity index (χ1n) is 7.56. The van der Waals surface area contributed by atoms with E-state index in [9.17, 15) is 13.2 Å². The van der Waals surface area contributed by atoms with Gasteiger partial charge in [-0.1, -0.05) is 43.3 Å². The van der Waals surface area contributed by atoms with E-state index in [1.165, 1.54) is 6.08 Å². The minimum absolute atomic E-state index is 0.128. The van der Waals surface area contributed by atoms with Gasteiger partial charge in [-0.3, -0.25) is 9.52 Å². The number of anilines is 2. The molecule has 0 aliphatic carbocycles. The average molecular weight is 344 g/mol. The normalized spacial score (nSPS) is 11.4. The van der Waals surface area contributed by atoms with Gasteiger partial charge in [-0.15, -0.1) is 0 Å². The third-order valence-corrected chi connectivity index (χ3v) is 4.33. The number of carbonyl (C=O) groups excluding carboxylic acids is 1. The van der Waals surface area contributed by atoms with Gasteiger partial charge in [0.2, 0.25) is 5.91 Å². The first kappa shape index (κ1) is 17.7. The molecule has 0 aliphatic rings. The fourth-order valence-electron chi connectivity index (χ4n) is 1.98. The number of aryl methyl sites for hydroxylation is 1. The van der Waals surface area contributed by atoms with Gasteiger partial charge in [-0.25, -0.2) is 8.42 Å². The number of nitrogens with one attached hydrogen (secondary N) is 2. The Morgan fingerprint density at radius 2 is 1.83 bits per heavy atom. The molecule has 0 heterocycles. The highest BCUT2D eigenvalue weighted by Gasteiger charge is 2.09. The van der Waals surface area contributed by atoms with E-state index in [-0.39, 0.29) is 5.91 Å². The van der Waals surface area contributed by atoms with Crippen molar-refractivity contribution in [1.29, 1.82) is 0 Å². The van der Waals surface area contributed by atoms with Gasteiger partial charge in [-0.2, -0.15) is 0 Å². The fraction of sp³-hybridized carbons (Fsp3) is 0.167. The summed E-state index contributed by atoms with van der Waals surface area (Å²) < 4.78 is 27.0. The van der Waals surface area contributed by atoms with E-state index >= 15 is 0 Å². The molecular formula is C18H20N2O3S. The van der Waals surface area contributed by atoms with E-state index < -0.39 is 10.0 Å². The first-order chi connectivity index (χ1) is 11.4. The summed E-state index contributed by atoms with van der Waals surface area (Å²) >= 11 is 0. The Bertz CT molecular complexity index is 844. The maximum absolute atomic E-state index is 12.2. The van der Waals surface area contributed by atoms with E-state index in [2.05, 4.69) is 10.0 Å². The van der Waals surface area contributed by atoms with Crippen LogP contribution in [0.1, 0.15) is 24.5 Å². The van der Waals surface area contributed by atoms with E-state index in [0.29, 0.717) is 17.8 Å². The van der Waals surface area contributed by atoms with Crippen LogP contribution in [0.2, 0.25) is 0 Å². The minimum atomic E-state index is -3.65. The SMILES string of the molecule is CCC(=O)Nc1ccc(C)c(NS(=O)(=O)/C=C/c2ccccc2)c1. The van der Waals surface area contributed by atoms with Crippen LogP contribution in [-0.2, 0) is 14.8 Å². The molecule has 0 aliphatic heterocycles. The third-order valence-electron chi connectivity index (χ3n) is 3.33. The van der Waals surface area contributed by atoms with Gasteiger partial charge in [0, 0.05) is 12.1 Å². The lowest BCUT2D eigenvalue weighted by Crippen LogP contribution is -2.12. The van der Waals surface area contributed by atoms with Crippen molar-refractivity contribution >= 4 is 33.4 Å². The molecule has 0 bridgehead atoms. The van der Waals surface area contributed by atoms with Crippen molar-refractivity contribution in [2.24, 2.45) is 0 Å². The Hall–Kier alpha value is -2.60. The molecule has 2 aromatic rings. The van der Waals surface area contributed by atoms with Crippen molar-refractivity contribution < 1.29 is 13.2 Å². The largest absolute Gasteiger partial charge is 0.326 e. The van der Waals surface area contributed by atoms with Crippen LogP contribution in [-0.4, -0.2) is 14.3 Å². The van der Waals surface area contributed by atoms with Gasteiger partial charge in [0.25, 0.3) is 10.0 Å². The number of rotatable bonds is 6. The summed E-state index contributed by atoms with van der Waals surface area (Å²) in [7, 11) is -3.65. The van der Waals surface area contributed by atoms with E-state index in [1.807, 2.05) is 30.3 Å². The van der Waals surface area contributed by atoms with Gasteiger partial charge < -0.3 is 5.32 Å². The van der Waals surface area contributed by atoms with Crippen LogP contribution in [0, 0.1) is 6.92 Å². The number of amides is 1. The summed E-state index contributed by atoms with van der Waals surface area (Å²) in [6.07, 6.45) is 1.88. The molecule has 2 N–H and O–H groups in total. The summed E-state index contributed by atoms with van der Waals surface area (Å²) in [5.41, 5.74) is 2.54. The molecule has 0 saturated heterocycles. The van der Waals surface area contributed by atoms with Gasteiger partial charge in [0.1, 0.15) is 0 Å². The lowest BCUT2D eigenvalue weighted by Gasteiger charge is -2.11. The topological polar surface area (TPSA) is 75.3 Å². The zero-order chi connectivity index (χ0) is 17.6. The van der Waals surface area contributed by atoms with Gasteiger partial charge in [-0.05, 0) is 36.3 Å². The Labute approximate surface area is 142 Å². The number of hydrogen-bond donors (Lipinski definition) is 2. The monoisotopic (exact) mass is 344 g/mol. The van der Waals surface area contributed by atoms with Crippen LogP contribution in [0.4, 0.5) is 11.4 Å². The summed E-state index contributed by atoms with van der Waals surface area (Å²) in [6.45, 7) is 3.55. The zero-order valence-corrected chi connectivity index (χ0v) is 14.4. The maximum Gasteiger partial charge on any atom is 0.255 e. The lowest BCUT2D eigenvalue weighted by molar-refractivity contribution is -0.115. The highest BCUT2D eigenvalue weighted by atomic mass is 32.2. The molecule has 126 valence electrons. The van der Waals surface area contributed by atoms with Gasteiger partial charge >= 0.3 is 0 Å². The first-order valence-corrected chi connectivity index (χ1v) is 9.10. The molecule has 6 heteroatoms. The summed E-state index contributed by atoms with van der Waals surface area (Å²) in [6, 6.07) is 14.3. The van der Waals surface area contributed by atoms with E-state index in [1.54, 1.807) is 32.0 Å². The van der Waals surface area contributed by atoms with Crippen molar-refractivity contribution in [2.45, 2.75) is 20.3 Å². The second-order valence-electron chi connectivity index (χ2n) is 5.29. The number of benzene rings is 2. The Morgan fingerprint density at radius 3 is 2.50 bits per heavy atom. The van der Waals surface area contributed by atoms with Crippen LogP contribution in [0.3, 0.4) is 0 Å². The molecule has 0 fully saturated rings. The van der Waals surface area contributed by atoms with Gasteiger partial charge in [0.05, 0.1) is 11.1 Å². The molecule has 0 saturated carbocycles. The van der Waals surface area contributed by atoms with Crippen molar-refractivity contribution in [3.8, 4) is 0 Å². The predicted octanol–water partition coefficient (Wildman–Crippen LogP) is 3.76. The molecule has 1 amide bonds. The van der Waals surface area contributed by atoms with Crippen LogP contribution in [0.5, 0.6) is 0 Å². The van der Waals surface area contributed by atoms with E-state index in [4.69, 9.17) is 0 Å². The second kappa shape index (κ2) is 7.79. The molecule has 0 unspecified atom stereocenters. The molecule has 24 heavy (non-hydrogen) atoms. The number of sulfonamides is 1. The van der Waals surface area contributed by atoms with Gasteiger partial charge in [0.15, 0.2) is 0 Å². The van der Waals surface area contributed by atoms with Crippen LogP contribution < -0.4 is 10.0 Å². The highest BCUT2D eigenvalue weighted by Crippen LogP contribution is 2.22.